The minimum Gasteiger partial charge on any atom is -0.478 e. The summed E-state index contributed by atoms with van der Waals surface area (Å²) in [5.41, 5.74) is 2.88. The molecule has 1 amide bonds. The number of carboxylic acids is 1. The highest BCUT2D eigenvalue weighted by atomic mass is 127. The normalized spacial score (nSPS) is 9.88. The fraction of sp³-hybridized carbons (Fsp3) is 0.200. The van der Waals surface area contributed by atoms with Crippen molar-refractivity contribution in [3.05, 3.63) is 32.9 Å². The van der Waals surface area contributed by atoms with E-state index in [4.69, 9.17) is 9.94 Å². The Morgan fingerprint density at radius 1 is 1.50 bits per heavy atom. The van der Waals surface area contributed by atoms with Crippen LogP contribution in [0.5, 0.6) is 0 Å². The second-order valence-electron chi connectivity index (χ2n) is 3.02. The first kappa shape index (κ1) is 12.9. The van der Waals surface area contributed by atoms with Gasteiger partial charge < -0.3 is 5.11 Å². The average molecular weight is 335 g/mol. The Hall–Kier alpha value is -1.15. The number of carboxylic acid groups (broad SMARTS) is 1. The largest absolute Gasteiger partial charge is 0.478 e. The molecule has 0 atom stereocenters. The molecule has 1 rings (SSSR count). The summed E-state index contributed by atoms with van der Waals surface area (Å²) in [5, 5.41) is 8.95. The van der Waals surface area contributed by atoms with Gasteiger partial charge in [0.2, 0.25) is 5.91 Å². The van der Waals surface area contributed by atoms with E-state index in [0.29, 0.717) is 5.56 Å². The van der Waals surface area contributed by atoms with Gasteiger partial charge in [-0.15, -0.1) is 0 Å². The number of halogens is 1. The van der Waals surface area contributed by atoms with Crippen molar-refractivity contribution in [2.45, 2.75) is 13.5 Å². The third-order valence-corrected chi connectivity index (χ3v) is 2.79. The summed E-state index contributed by atoms with van der Waals surface area (Å²) >= 11 is 2.02. The summed E-state index contributed by atoms with van der Waals surface area (Å²) in [5.74, 6) is -1.34. The summed E-state index contributed by atoms with van der Waals surface area (Å²) in [6.45, 7) is 1.34. The van der Waals surface area contributed by atoms with Crippen LogP contribution in [0.1, 0.15) is 22.8 Å². The van der Waals surface area contributed by atoms with Crippen LogP contribution in [0.15, 0.2) is 18.2 Å². The fourth-order valence-corrected chi connectivity index (χ4v) is 1.77. The molecule has 6 heteroatoms. The lowest BCUT2D eigenvalue weighted by molar-refractivity contribution is -0.132. The average Bonchev–Trinajstić information content (AvgIpc) is 2.19. The highest BCUT2D eigenvalue weighted by molar-refractivity contribution is 14.1. The molecular weight excluding hydrogens is 325 g/mol. The molecule has 0 aliphatic rings. The first-order valence-electron chi connectivity index (χ1n) is 4.41. The number of hydrogen-bond donors (Lipinski definition) is 2. The van der Waals surface area contributed by atoms with Gasteiger partial charge in [-0.2, -0.15) is 0 Å². The Morgan fingerprint density at radius 3 is 2.75 bits per heavy atom. The third kappa shape index (κ3) is 3.46. The van der Waals surface area contributed by atoms with Crippen LogP contribution in [0.2, 0.25) is 0 Å². The van der Waals surface area contributed by atoms with Gasteiger partial charge in [-0.25, -0.2) is 10.3 Å². The number of carbonyl (C=O) groups excluding carboxylic acids is 1. The maximum atomic E-state index is 10.9. The fourth-order valence-electron chi connectivity index (χ4n) is 1.12. The monoisotopic (exact) mass is 335 g/mol. The third-order valence-electron chi connectivity index (χ3n) is 1.78. The highest BCUT2D eigenvalue weighted by Gasteiger charge is 2.12. The van der Waals surface area contributed by atoms with Gasteiger partial charge in [-0.3, -0.25) is 9.63 Å². The van der Waals surface area contributed by atoms with Crippen LogP contribution in [0, 0.1) is 3.57 Å². The molecule has 0 spiro atoms. The van der Waals surface area contributed by atoms with Crippen molar-refractivity contribution in [2.24, 2.45) is 0 Å². The number of benzene rings is 1. The van der Waals surface area contributed by atoms with Crippen molar-refractivity contribution in [3.63, 3.8) is 0 Å². The van der Waals surface area contributed by atoms with Crippen LogP contribution in [-0.2, 0) is 16.2 Å². The Balaban J connectivity index is 2.84. The van der Waals surface area contributed by atoms with Gasteiger partial charge in [0.25, 0.3) is 0 Å². The SMILES string of the molecule is CC(=O)NOCc1c(I)cccc1C(=O)O. The topological polar surface area (TPSA) is 75.6 Å². The van der Waals surface area contributed by atoms with E-state index >= 15 is 0 Å². The lowest BCUT2D eigenvalue weighted by Gasteiger charge is -2.08. The van der Waals surface area contributed by atoms with Gasteiger partial charge in [-0.1, -0.05) is 6.07 Å². The minimum absolute atomic E-state index is 0.0281. The molecule has 86 valence electrons. The zero-order valence-electron chi connectivity index (χ0n) is 8.49. The van der Waals surface area contributed by atoms with Gasteiger partial charge in [0.1, 0.15) is 6.61 Å². The molecule has 0 saturated carbocycles. The van der Waals surface area contributed by atoms with Gasteiger partial charge in [0, 0.05) is 16.1 Å². The van der Waals surface area contributed by atoms with E-state index in [-0.39, 0.29) is 18.1 Å². The molecule has 0 bridgehead atoms. The zero-order chi connectivity index (χ0) is 12.1. The van der Waals surface area contributed by atoms with E-state index in [1.165, 1.54) is 13.0 Å². The Kier molecular flexibility index (Phi) is 4.69. The molecule has 0 unspecified atom stereocenters. The zero-order valence-corrected chi connectivity index (χ0v) is 10.6. The second-order valence-corrected chi connectivity index (χ2v) is 4.18. The molecule has 0 fully saturated rings. The summed E-state index contributed by atoms with van der Waals surface area (Å²) in [4.78, 5) is 26.4. The van der Waals surface area contributed by atoms with Crippen LogP contribution in [0.4, 0.5) is 0 Å². The molecule has 0 aromatic heterocycles. The van der Waals surface area contributed by atoms with E-state index in [0.717, 1.165) is 3.57 Å². The quantitative estimate of drug-likeness (QED) is 0.647. The Morgan fingerprint density at radius 2 is 2.19 bits per heavy atom. The van der Waals surface area contributed by atoms with E-state index in [1.54, 1.807) is 12.1 Å². The van der Waals surface area contributed by atoms with Gasteiger partial charge >= 0.3 is 5.97 Å². The van der Waals surface area contributed by atoms with Crippen molar-refractivity contribution >= 4 is 34.5 Å². The molecule has 1 aromatic carbocycles. The lowest BCUT2D eigenvalue weighted by atomic mass is 10.1. The number of aromatic carboxylic acids is 1. The lowest BCUT2D eigenvalue weighted by Crippen LogP contribution is -2.21. The second kappa shape index (κ2) is 5.80. The molecular formula is C10H10INO4. The first-order valence-corrected chi connectivity index (χ1v) is 5.49. The maximum absolute atomic E-state index is 10.9. The van der Waals surface area contributed by atoms with Crippen LogP contribution in [-0.4, -0.2) is 17.0 Å². The smallest absolute Gasteiger partial charge is 0.336 e. The van der Waals surface area contributed by atoms with Crippen molar-refractivity contribution in [1.29, 1.82) is 0 Å². The summed E-state index contributed by atoms with van der Waals surface area (Å²) in [6, 6.07) is 4.93. The van der Waals surface area contributed by atoms with Crippen molar-refractivity contribution in [1.82, 2.24) is 5.48 Å². The molecule has 0 aliphatic carbocycles. The minimum atomic E-state index is -1.01. The van der Waals surface area contributed by atoms with Gasteiger partial charge in [0.15, 0.2) is 0 Å². The predicted molar refractivity (Wildman–Crippen MR) is 64.7 cm³/mol. The molecule has 0 saturated heterocycles. The van der Waals surface area contributed by atoms with Crippen LogP contribution in [0.3, 0.4) is 0 Å². The predicted octanol–water partition coefficient (Wildman–Crippen LogP) is 1.56. The van der Waals surface area contributed by atoms with Crippen LogP contribution in [0.25, 0.3) is 0 Å². The number of hydrogen-bond acceptors (Lipinski definition) is 3. The number of hydroxylamine groups is 1. The van der Waals surface area contributed by atoms with Crippen molar-refractivity contribution in [3.8, 4) is 0 Å². The van der Waals surface area contributed by atoms with E-state index < -0.39 is 5.97 Å². The summed E-state index contributed by atoms with van der Waals surface area (Å²) in [7, 11) is 0. The highest BCUT2D eigenvalue weighted by Crippen LogP contribution is 2.17. The molecule has 16 heavy (non-hydrogen) atoms. The van der Waals surface area contributed by atoms with Gasteiger partial charge in [-0.05, 0) is 34.7 Å². The van der Waals surface area contributed by atoms with Crippen molar-refractivity contribution in [2.75, 3.05) is 0 Å². The first-order chi connectivity index (χ1) is 7.52. The molecule has 1 aromatic rings. The van der Waals surface area contributed by atoms with E-state index in [1.807, 2.05) is 22.6 Å². The van der Waals surface area contributed by atoms with Crippen LogP contribution >= 0.6 is 22.6 Å². The number of nitrogens with one attached hydrogen (secondary N) is 1. The summed E-state index contributed by atoms with van der Waals surface area (Å²) in [6.07, 6.45) is 0. The van der Waals surface area contributed by atoms with E-state index in [2.05, 4.69) is 5.48 Å². The summed E-state index contributed by atoms with van der Waals surface area (Å²) < 4.78 is 0.780. The number of amides is 1. The Labute approximate surface area is 106 Å². The Bertz CT molecular complexity index is 419. The molecule has 0 radical (unpaired) electrons. The number of carbonyl (C=O) groups is 2. The molecule has 5 nitrogen and oxygen atoms in total. The molecule has 0 aliphatic heterocycles. The van der Waals surface area contributed by atoms with Crippen LogP contribution < -0.4 is 5.48 Å². The van der Waals surface area contributed by atoms with Gasteiger partial charge in [0.05, 0.1) is 5.56 Å². The van der Waals surface area contributed by atoms with E-state index in [9.17, 15) is 9.59 Å². The molecule has 0 heterocycles. The number of rotatable bonds is 4. The molecule has 2 N–H and O–H groups in total. The maximum Gasteiger partial charge on any atom is 0.336 e. The standard InChI is InChI=1S/C10H10INO4/c1-6(13)12-16-5-8-7(10(14)15)3-2-4-9(8)11/h2-4H,5H2,1H3,(H,12,13)(H,14,15). The van der Waals surface area contributed by atoms with Crippen molar-refractivity contribution < 1.29 is 19.5 Å².